The molecule has 0 bridgehead atoms. The molecule has 0 aliphatic rings. The molecule has 6 heteroatoms. The minimum atomic E-state index is -0.430. The molecule has 152 valence electrons. The van der Waals surface area contributed by atoms with E-state index in [-0.39, 0.29) is 18.0 Å². The summed E-state index contributed by atoms with van der Waals surface area (Å²) in [6.45, 7) is 13.0. The SMILES string of the molecule is CCCN(Cc1cc(NC(=O)NC(C)C)ccc1N(C)C)C(=O)C(C)(C)C. The van der Waals surface area contributed by atoms with E-state index in [0.29, 0.717) is 18.8 Å². The molecule has 0 aliphatic heterocycles. The van der Waals surface area contributed by atoms with Gasteiger partial charge in [0.1, 0.15) is 0 Å². The van der Waals surface area contributed by atoms with Gasteiger partial charge in [-0.2, -0.15) is 0 Å². The third kappa shape index (κ3) is 7.12. The number of urea groups is 1. The first kappa shape index (κ1) is 22.8. The van der Waals surface area contributed by atoms with E-state index in [0.717, 1.165) is 17.7 Å². The topological polar surface area (TPSA) is 64.7 Å². The molecule has 0 fully saturated rings. The third-order valence-electron chi connectivity index (χ3n) is 4.02. The van der Waals surface area contributed by atoms with Crippen LogP contribution >= 0.6 is 0 Å². The van der Waals surface area contributed by atoms with Crippen molar-refractivity contribution in [3.05, 3.63) is 23.8 Å². The highest BCUT2D eigenvalue weighted by molar-refractivity contribution is 5.90. The van der Waals surface area contributed by atoms with Gasteiger partial charge in [-0.1, -0.05) is 27.7 Å². The molecule has 0 aliphatic carbocycles. The lowest BCUT2D eigenvalue weighted by molar-refractivity contribution is -0.140. The number of hydrogen-bond donors (Lipinski definition) is 2. The average Bonchev–Trinajstić information content (AvgIpc) is 2.51. The van der Waals surface area contributed by atoms with Crippen molar-refractivity contribution in [3.63, 3.8) is 0 Å². The fraction of sp³-hybridized carbons (Fsp3) is 0.619. The Balaban J connectivity index is 3.15. The highest BCUT2D eigenvalue weighted by atomic mass is 16.2. The first-order chi connectivity index (χ1) is 12.5. The zero-order chi connectivity index (χ0) is 20.8. The zero-order valence-electron chi connectivity index (χ0n) is 18.1. The Labute approximate surface area is 164 Å². The van der Waals surface area contributed by atoms with Gasteiger partial charge in [0.15, 0.2) is 0 Å². The van der Waals surface area contributed by atoms with Crippen molar-refractivity contribution in [1.29, 1.82) is 0 Å². The van der Waals surface area contributed by atoms with Gasteiger partial charge in [0.2, 0.25) is 5.91 Å². The second-order valence-electron chi connectivity index (χ2n) is 8.47. The van der Waals surface area contributed by atoms with Crippen LogP contribution in [0.2, 0.25) is 0 Å². The molecule has 1 aromatic carbocycles. The lowest BCUT2D eigenvalue weighted by atomic mass is 9.94. The molecule has 3 amide bonds. The largest absolute Gasteiger partial charge is 0.377 e. The Bertz CT molecular complexity index is 648. The molecule has 0 saturated heterocycles. The van der Waals surface area contributed by atoms with Crippen molar-refractivity contribution >= 4 is 23.3 Å². The summed E-state index contributed by atoms with van der Waals surface area (Å²) in [6.07, 6.45) is 0.897. The lowest BCUT2D eigenvalue weighted by Crippen LogP contribution is -2.39. The molecule has 0 atom stereocenters. The van der Waals surface area contributed by atoms with Gasteiger partial charge in [-0.3, -0.25) is 4.79 Å². The first-order valence-electron chi connectivity index (χ1n) is 9.62. The first-order valence-corrected chi connectivity index (χ1v) is 9.62. The Kier molecular flexibility index (Phi) is 8.13. The number of nitrogens with one attached hydrogen (secondary N) is 2. The molecule has 0 heterocycles. The van der Waals surface area contributed by atoms with Gasteiger partial charge in [-0.25, -0.2) is 4.79 Å². The fourth-order valence-electron chi connectivity index (χ4n) is 2.86. The van der Waals surface area contributed by atoms with Gasteiger partial charge in [0.25, 0.3) is 0 Å². The maximum atomic E-state index is 12.9. The second kappa shape index (κ2) is 9.62. The molecular formula is C21H36N4O2. The van der Waals surface area contributed by atoms with Crippen molar-refractivity contribution in [2.45, 2.75) is 60.5 Å². The quantitative estimate of drug-likeness (QED) is 0.754. The van der Waals surface area contributed by atoms with E-state index in [1.165, 1.54) is 0 Å². The second-order valence-corrected chi connectivity index (χ2v) is 8.47. The maximum absolute atomic E-state index is 12.9. The number of benzene rings is 1. The van der Waals surface area contributed by atoms with Gasteiger partial charge < -0.3 is 20.4 Å². The standard InChI is InChI=1S/C21H36N4O2/c1-9-12-25(19(26)21(4,5)6)14-16-13-17(10-11-18(16)24(7)8)23-20(27)22-15(2)3/h10-11,13,15H,9,12,14H2,1-8H3,(H2,22,23,27). The monoisotopic (exact) mass is 376 g/mol. The average molecular weight is 377 g/mol. The Morgan fingerprint density at radius 1 is 1.15 bits per heavy atom. The van der Waals surface area contributed by atoms with Gasteiger partial charge in [-0.15, -0.1) is 0 Å². The van der Waals surface area contributed by atoms with Gasteiger partial charge in [-0.05, 0) is 44.0 Å². The number of carbonyl (C=O) groups is 2. The molecule has 0 aromatic heterocycles. The Morgan fingerprint density at radius 3 is 2.26 bits per heavy atom. The van der Waals surface area contributed by atoms with E-state index in [4.69, 9.17) is 0 Å². The van der Waals surface area contributed by atoms with Crippen LogP contribution in [0.3, 0.4) is 0 Å². The Morgan fingerprint density at radius 2 is 1.78 bits per heavy atom. The smallest absolute Gasteiger partial charge is 0.319 e. The van der Waals surface area contributed by atoms with E-state index >= 15 is 0 Å². The molecule has 0 radical (unpaired) electrons. The molecule has 0 unspecified atom stereocenters. The third-order valence-corrected chi connectivity index (χ3v) is 4.02. The van der Waals surface area contributed by atoms with E-state index in [9.17, 15) is 9.59 Å². The van der Waals surface area contributed by atoms with Crippen LogP contribution in [0.1, 0.15) is 53.5 Å². The van der Waals surface area contributed by atoms with Crippen LogP contribution in [0.25, 0.3) is 0 Å². The van der Waals surface area contributed by atoms with E-state index in [1.54, 1.807) is 0 Å². The molecule has 6 nitrogen and oxygen atoms in total. The minimum Gasteiger partial charge on any atom is -0.377 e. The predicted octanol–water partition coefficient (Wildman–Crippen LogP) is 4.07. The van der Waals surface area contributed by atoms with E-state index in [1.807, 2.05) is 76.7 Å². The summed E-state index contributed by atoms with van der Waals surface area (Å²) in [5.74, 6) is 0.130. The number of hydrogen-bond acceptors (Lipinski definition) is 3. The highest BCUT2D eigenvalue weighted by Gasteiger charge is 2.27. The number of carbonyl (C=O) groups excluding carboxylic acids is 2. The summed E-state index contributed by atoms with van der Waals surface area (Å²) in [5.41, 5.74) is 2.33. The van der Waals surface area contributed by atoms with Crippen molar-refractivity contribution in [3.8, 4) is 0 Å². The van der Waals surface area contributed by atoms with Crippen molar-refractivity contribution in [1.82, 2.24) is 10.2 Å². The molecule has 1 rings (SSSR count). The summed E-state index contributed by atoms with van der Waals surface area (Å²) in [4.78, 5) is 28.8. The van der Waals surface area contributed by atoms with Crippen LogP contribution in [0, 0.1) is 5.41 Å². The van der Waals surface area contributed by atoms with Gasteiger partial charge in [0, 0.05) is 50.0 Å². The molecule has 0 saturated carbocycles. The van der Waals surface area contributed by atoms with E-state index in [2.05, 4.69) is 17.6 Å². The zero-order valence-corrected chi connectivity index (χ0v) is 18.1. The molecular weight excluding hydrogens is 340 g/mol. The summed E-state index contributed by atoms with van der Waals surface area (Å²) in [6, 6.07) is 5.65. The van der Waals surface area contributed by atoms with Crippen LogP contribution in [-0.2, 0) is 11.3 Å². The molecule has 27 heavy (non-hydrogen) atoms. The van der Waals surface area contributed by atoms with Crippen LogP contribution in [0.5, 0.6) is 0 Å². The maximum Gasteiger partial charge on any atom is 0.319 e. The lowest BCUT2D eigenvalue weighted by Gasteiger charge is -2.31. The number of nitrogens with zero attached hydrogens (tertiary/aromatic N) is 2. The molecule has 2 N–H and O–H groups in total. The minimum absolute atomic E-state index is 0.0648. The number of rotatable bonds is 7. The molecule has 0 spiro atoms. The normalized spacial score (nSPS) is 11.3. The van der Waals surface area contributed by atoms with Crippen LogP contribution in [0.4, 0.5) is 16.2 Å². The number of anilines is 2. The summed E-state index contributed by atoms with van der Waals surface area (Å²) >= 11 is 0. The summed E-state index contributed by atoms with van der Waals surface area (Å²) in [5, 5.41) is 5.69. The summed E-state index contributed by atoms with van der Waals surface area (Å²) in [7, 11) is 3.96. The Hall–Kier alpha value is -2.24. The van der Waals surface area contributed by atoms with Crippen molar-refractivity contribution < 1.29 is 9.59 Å². The number of amides is 3. The van der Waals surface area contributed by atoms with Crippen molar-refractivity contribution in [2.75, 3.05) is 30.9 Å². The van der Waals surface area contributed by atoms with E-state index < -0.39 is 5.41 Å². The fourth-order valence-corrected chi connectivity index (χ4v) is 2.86. The van der Waals surface area contributed by atoms with Gasteiger partial charge in [0.05, 0.1) is 0 Å². The molecule has 1 aromatic rings. The van der Waals surface area contributed by atoms with Crippen LogP contribution in [0.15, 0.2) is 18.2 Å². The van der Waals surface area contributed by atoms with Gasteiger partial charge >= 0.3 is 6.03 Å². The summed E-state index contributed by atoms with van der Waals surface area (Å²) < 4.78 is 0. The van der Waals surface area contributed by atoms with Crippen LogP contribution < -0.4 is 15.5 Å². The van der Waals surface area contributed by atoms with Crippen molar-refractivity contribution in [2.24, 2.45) is 5.41 Å². The van der Waals surface area contributed by atoms with Crippen LogP contribution in [-0.4, -0.2) is 43.5 Å². The predicted molar refractivity (Wildman–Crippen MR) is 113 cm³/mol. The highest BCUT2D eigenvalue weighted by Crippen LogP contribution is 2.27.